The summed E-state index contributed by atoms with van der Waals surface area (Å²) in [5.74, 6) is -4.07. The average molecular weight is 1210 g/mol. The Morgan fingerprint density at radius 3 is 2.08 bits per heavy atom. The first-order valence-corrected chi connectivity index (χ1v) is 27.9. The lowest BCUT2D eigenvalue weighted by molar-refractivity contribution is -0.139. The molecule has 9 amide bonds. The highest BCUT2D eigenvalue weighted by atomic mass is 16.6. The lowest BCUT2D eigenvalue weighted by Crippen LogP contribution is -2.55. The van der Waals surface area contributed by atoms with Crippen molar-refractivity contribution < 1.29 is 76.7 Å². The molecule has 12 N–H and O–H groups in total. The van der Waals surface area contributed by atoms with Crippen LogP contribution < -0.4 is 48.1 Å². The molecule has 0 saturated heterocycles. The zero-order chi connectivity index (χ0) is 62.5. The Hall–Kier alpha value is -9.49. The van der Waals surface area contributed by atoms with Gasteiger partial charge in [0.2, 0.25) is 29.5 Å². The Kier molecular flexibility index (Phi) is 26.9. The second kappa shape index (κ2) is 35.1. The maximum atomic E-state index is 13.6. The van der Waals surface area contributed by atoms with Crippen LogP contribution in [-0.4, -0.2) is 186 Å². The third-order valence-corrected chi connectivity index (χ3v) is 12.7. The van der Waals surface area contributed by atoms with Crippen LogP contribution in [0.5, 0.6) is 5.88 Å². The van der Waals surface area contributed by atoms with E-state index in [4.69, 9.17) is 44.9 Å². The number of urea groups is 1. The minimum atomic E-state index is -1.34. The van der Waals surface area contributed by atoms with Gasteiger partial charge in [0, 0.05) is 48.5 Å². The Morgan fingerprint density at radius 2 is 1.40 bits per heavy atom. The minimum absolute atomic E-state index is 0.0183. The van der Waals surface area contributed by atoms with Gasteiger partial charge in [-0.05, 0) is 75.1 Å². The number of carboxylic acid groups (broad SMARTS) is 1. The number of nitrogens with one attached hydrogen (secondary N) is 7. The number of amides is 9. The van der Waals surface area contributed by atoms with Crippen molar-refractivity contribution in [2.24, 2.45) is 11.5 Å². The summed E-state index contributed by atoms with van der Waals surface area (Å²) in [5, 5.41) is 24.6. The number of primary amides is 1. The van der Waals surface area contributed by atoms with Crippen LogP contribution in [0.15, 0.2) is 79.0 Å². The quantitative estimate of drug-likeness (QED) is 0.0196. The second-order valence-electron chi connectivity index (χ2n) is 19.4. The van der Waals surface area contributed by atoms with Gasteiger partial charge in [0.25, 0.3) is 11.8 Å². The number of fused-ring (bicyclic) bond motifs is 1. The fourth-order valence-electron chi connectivity index (χ4n) is 8.23. The Bertz CT molecular complexity index is 3180. The number of nitrogens with two attached hydrogens (primary N) is 2. The highest BCUT2D eigenvalue weighted by Gasteiger charge is 2.29. The van der Waals surface area contributed by atoms with E-state index in [1.807, 2.05) is 43.3 Å². The van der Waals surface area contributed by atoms with Crippen LogP contribution in [0.1, 0.15) is 56.1 Å². The molecule has 6 rings (SSSR count). The van der Waals surface area contributed by atoms with Crippen molar-refractivity contribution in [2.45, 2.75) is 77.2 Å². The van der Waals surface area contributed by atoms with E-state index in [1.54, 1.807) is 24.3 Å². The molecule has 4 heterocycles. The standard InChI is InChI=1S/C57H72N14O16/c1-35-5-3-6-41(63-35)52-51(69-45(32-58)70-52)38-10-13-40-44(31-38)67-47(33-62-40)86-23-20-61-57(81)87-34-37-8-11-39(12-9-37)65-55(79)42(7-4-19-60-56(59)80)68-53(77)36(2)64-54(78)43(14-17-50(75)76)66-46(72)18-22-82-25-27-84-29-30-85-28-26-83-24-21-71-48(73)15-16-49(71)74/h3,5-6,8-13,15-16,31,33,36,42-43H,4,7,14,17-30,32,34,58H2,1-2H3,(H,61,81)(H,64,78)(H,65,79)(H,66,72)(H,68,77)(H,69,70)(H,75,76)(H3,59,60,80)/t36-,42-,43-/m0/s1. The predicted octanol–water partition coefficient (Wildman–Crippen LogP) is 1.26. The molecular weight excluding hydrogens is 1140 g/mol. The molecule has 3 atom stereocenters. The smallest absolute Gasteiger partial charge is 0.407 e. The molecule has 0 fully saturated rings. The van der Waals surface area contributed by atoms with Gasteiger partial charge in [-0.25, -0.2) is 24.5 Å². The summed E-state index contributed by atoms with van der Waals surface area (Å²) in [7, 11) is 0. The molecule has 3 aromatic heterocycles. The van der Waals surface area contributed by atoms with Gasteiger partial charge in [-0.1, -0.05) is 24.3 Å². The van der Waals surface area contributed by atoms with Gasteiger partial charge in [0.05, 0.1) is 107 Å². The molecule has 0 radical (unpaired) electrons. The zero-order valence-corrected chi connectivity index (χ0v) is 48.1. The second-order valence-corrected chi connectivity index (χ2v) is 19.4. The highest BCUT2D eigenvalue weighted by Crippen LogP contribution is 2.31. The van der Waals surface area contributed by atoms with E-state index in [0.29, 0.717) is 33.8 Å². The molecule has 0 aliphatic carbocycles. The zero-order valence-electron chi connectivity index (χ0n) is 48.1. The van der Waals surface area contributed by atoms with E-state index in [-0.39, 0.29) is 136 Å². The maximum Gasteiger partial charge on any atom is 0.407 e. The number of benzene rings is 2. The van der Waals surface area contributed by atoms with E-state index in [0.717, 1.165) is 27.5 Å². The number of aromatic nitrogens is 5. The molecule has 0 bridgehead atoms. The van der Waals surface area contributed by atoms with Gasteiger partial charge in [-0.3, -0.25) is 43.4 Å². The molecule has 5 aromatic rings. The Morgan fingerprint density at radius 1 is 0.713 bits per heavy atom. The first-order chi connectivity index (χ1) is 42.0. The van der Waals surface area contributed by atoms with Crippen LogP contribution in [0.4, 0.5) is 15.3 Å². The lowest BCUT2D eigenvalue weighted by Gasteiger charge is -2.23. The van der Waals surface area contributed by atoms with Gasteiger partial charge in [0.15, 0.2) is 0 Å². The van der Waals surface area contributed by atoms with Gasteiger partial charge < -0.3 is 81.9 Å². The topological polar surface area (TPSA) is 424 Å². The molecule has 0 unspecified atom stereocenters. The van der Waals surface area contributed by atoms with Gasteiger partial charge in [-0.2, -0.15) is 0 Å². The lowest BCUT2D eigenvalue weighted by atomic mass is 10.1. The largest absolute Gasteiger partial charge is 0.481 e. The van der Waals surface area contributed by atoms with Gasteiger partial charge in [-0.15, -0.1) is 0 Å². The molecule has 1 aliphatic heterocycles. The van der Waals surface area contributed by atoms with E-state index >= 15 is 0 Å². The molecule has 0 spiro atoms. The van der Waals surface area contributed by atoms with Crippen molar-refractivity contribution in [3.8, 4) is 28.5 Å². The molecule has 30 nitrogen and oxygen atoms in total. The number of aliphatic carboxylic acids is 1. The van der Waals surface area contributed by atoms with Crippen LogP contribution in [0.3, 0.4) is 0 Å². The van der Waals surface area contributed by atoms with Crippen LogP contribution in [0.2, 0.25) is 0 Å². The monoisotopic (exact) mass is 1210 g/mol. The number of anilines is 1. The molecule has 2 aromatic carbocycles. The number of pyridine rings is 1. The van der Waals surface area contributed by atoms with Crippen molar-refractivity contribution in [1.82, 2.24) is 56.4 Å². The number of carbonyl (C=O) groups is 9. The summed E-state index contributed by atoms with van der Waals surface area (Å²) in [4.78, 5) is 134. The number of alkyl carbamates (subject to hydrolysis) is 1. The number of aromatic amines is 1. The van der Waals surface area contributed by atoms with Crippen LogP contribution >= 0.6 is 0 Å². The van der Waals surface area contributed by atoms with Crippen molar-refractivity contribution in [3.63, 3.8) is 0 Å². The highest BCUT2D eigenvalue weighted by molar-refractivity contribution is 6.12. The van der Waals surface area contributed by atoms with Crippen molar-refractivity contribution >= 4 is 70.3 Å². The van der Waals surface area contributed by atoms with E-state index in [9.17, 15) is 48.3 Å². The van der Waals surface area contributed by atoms with E-state index in [1.165, 1.54) is 25.3 Å². The van der Waals surface area contributed by atoms with Crippen molar-refractivity contribution in [3.05, 3.63) is 96.1 Å². The van der Waals surface area contributed by atoms with Gasteiger partial charge >= 0.3 is 18.1 Å². The van der Waals surface area contributed by atoms with Crippen molar-refractivity contribution in [2.75, 3.05) is 84.4 Å². The third-order valence-electron chi connectivity index (χ3n) is 12.7. The fraction of sp³-hybridized carbons (Fsp3) is 0.421. The Labute approximate surface area is 499 Å². The van der Waals surface area contributed by atoms with Gasteiger partial charge in [0.1, 0.15) is 37.2 Å². The third kappa shape index (κ3) is 22.8. The number of nitrogens with zero attached hydrogens (tertiary/aromatic N) is 5. The number of imidazole rings is 1. The number of rotatable bonds is 38. The summed E-state index contributed by atoms with van der Waals surface area (Å²) < 4.78 is 32.8. The molecular formula is C57H72N14O16. The Balaban J connectivity index is 0.886. The van der Waals surface area contributed by atoms with E-state index in [2.05, 4.69) is 51.8 Å². The van der Waals surface area contributed by atoms with Crippen LogP contribution in [0.25, 0.3) is 33.7 Å². The predicted molar refractivity (Wildman–Crippen MR) is 311 cm³/mol. The summed E-state index contributed by atoms with van der Waals surface area (Å²) in [6, 6.07) is 13.0. The summed E-state index contributed by atoms with van der Waals surface area (Å²) in [6.45, 7) is 5.16. The number of hydrogen-bond acceptors (Lipinski definition) is 20. The number of carboxylic acids is 1. The SMILES string of the molecule is Cc1cccc(-c2[nH]c(CN)nc2-c2ccc3ncc(OCCNC(=O)OCc4ccc(NC(=O)[C@H](CCCNC(N)=O)NC(=O)[C@H](C)NC(=O)[C@H](CCC(=O)O)NC(=O)CCOCCOCCOCCOCCN5C(=O)C=CC5=O)cc4)nc3c2)n1. The fourth-order valence-corrected chi connectivity index (χ4v) is 8.23. The molecule has 30 heteroatoms. The first-order valence-electron chi connectivity index (χ1n) is 27.9. The number of ether oxygens (including phenoxy) is 6. The first kappa shape index (κ1) is 66.6. The molecule has 1 aliphatic rings. The normalized spacial score (nSPS) is 12.9. The number of carbonyl (C=O) groups excluding carboxylic acids is 8. The molecule has 0 saturated carbocycles. The molecule has 466 valence electrons. The van der Waals surface area contributed by atoms with Crippen molar-refractivity contribution in [1.29, 1.82) is 0 Å². The average Bonchev–Trinajstić information content (AvgIpc) is 2.44. The van der Waals surface area contributed by atoms with Crippen LogP contribution in [0, 0.1) is 6.92 Å². The minimum Gasteiger partial charge on any atom is -0.481 e. The summed E-state index contributed by atoms with van der Waals surface area (Å²) in [6.07, 6.45) is 2.41. The summed E-state index contributed by atoms with van der Waals surface area (Å²) >= 11 is 0. The number of aryl methyl sites for hydroxylation is 1. The maximum absolute atomic E-state index is 13.6. The van der Waals surface area contributed by atoms with Crippen LogP contribution in [-0.2, 0) is 70.4 Å². The number of hydrogen-bond donors (Lipinski definition) is 10. The number of imide groups is 1. The summed E-state index contributed by atoms with van der Waals surface area (Å²) in [5.41, 5.74) is 16.9. The number of H-pyrrole nitrogens is 1. The van der Waals surface area contributed by atoms with E-state index < -0.39 is 66.3 Å². The molecule has 87 heavy (non-hydrogen) atoms.